The molecular weight excluding hydrogens is 258 g/mol. The molecule has 1 aromatic rings. The van der Waals surface area contributed by atoms with Crippen LogP contribution in [0.5, 0.6) is 0 Å². The fourth-order valence-corrected chi connectivity index (χ4v) is 3.57. The third-order valence-electron chi connectivity index (χ3n) is 3.86. The van der Waals surface area contributed by atoms with E-state index >= 15 is 0 Å². The number of nitrogens with one attached hydrogen (secondary N) is 1. The van der Waals surface area contributed by atoms with Gasteiger partial charge < -0.3 is 16.8 Å². The fourth-order valence-electron chi connectivity index (χ4n) is 2.65. The Morgan fingerprint density at radius 1 is 1.42 bits per heavy atom. The summed E-state index contributed by atoms with van der Waals surface area (Å²) in [6, 6.07) is 5.16. The van der Waals surface area contributed by atoms with E-state index in [4.69, 9.17) is 11.5 Å². The minimum absolute atomic E-state index is 0.277. The highest BCUT2D eigenvalue weighted by Crippen LogP contribution is 2.40. The lowest BCUT2D eigenvalue weighted by Crippen LogP contribution is -2.30. The number of anilines is 2. The highest BCUT2D eigenvalue weighted by Gasteiger charge is 2.32. The van der Waals surface area contributed by atoms with Crippen molar-refractivity contribution in [2.75, 3.05) is 23.9 Å². The second kappa shape index (κ2) is 5.74. The molecule has 19 heavy (non-hydrogen) atoms. The maximum absolute atomic E-state index is 11.4. The summed E-state index contributed by atoms with van der Waals surface area (Å²) in [7, 11) is 0. The largest absolute Gasteiger partial charge is 0.399 e. The molecule has 0 unspecified atom stereocenters. The molecule has 1 aliphatic carbocycles. The van der Waals surface area contributed by atoms with Crippen molar-refractivity contribution < 1.29 is 4.79 Å². The van der Waals surface area contributed by atoms with E-state index in [2.05, 4.69) is 11.6 Å². The van der Waals surface area contributed by atoms with Crippen LogP contribution in [0.4, 0.5) is 11.4 Å². The third kappa shape index (κ3) is 3.15. The number of thioether (sulfide) groups is 1. The fraction of sp³-hybridized carbons (Fsp3) is 0.500. The van der Waals surface area contributed by atoms with E-state index in [1.807, 2.05) is 11.8 Å². The third-order valence-corrected chi connectivity index (χ3v) is 5.28. The van der Waals surface area contributed by atoms with Crippen molar-refractivity contribution in [3.63, 3.8) is 0 Å². The molecule has 0 aromatic heterocycles. The molecule has 0 aliphatic heterocycles. The van der Waals surface area contributed by atoms with Gasteiger partial charge in [0, 0.05) is 22.7 Å². The van der Waals surface area contributed by atoms with Gasteiger partial charge in [-0.3, -0.25) is 4.79 Å². The lowest BCUT2D eigenvalue weighted by atomic mass is 10.1. The number of benzene rings is 1. The Morgan fingerprint density at radius 2 is 2.11 bits per heavy atom. The molecule has 0 saturated heterocycles. The van der Waals surface area contributed by atoms with Crippen LogP contribution < -0.4 is 16.8 Å². The number of hydrogen-bond donors (Lipinski definition) is 3. The van der Waals surface area contributed by atoms with E-state index in [9.17, 15) is 4.79 Å². The summed E-state index contributed by atoms with van der Waals surface area (Å²) in [4.78, 5) is 11.4. The number of carbonyl (C=O) groups excluding carboxylic acids is 1. The quantitative estimate of drug-likeness (QED) is 0.723. The average molecular weight is 279 g/mol. The highest BCUT2D eigenvalue weighted by atomic mass is 32.2. The molecule has 0 spiro atoms. The number of nitrogen functional groups attached to an aromatic ring is 1. The van der Waals surface area contributed by atoms with E-state index < -0.39 is 5.91 Å². The lowest BCUT2D eigenvalue weighted by Gasteiger charge is -2.28. The first-order valence-corrected chi connectivity index (χ1v) is 7.77. The van der Waals surface area contributed by atoms with Crippen LogP contribution in [-0.4, -0.2) is 23.5 Å². The molecule has 4 nitrogen and oxygen atoms in total. The van der Waals surface area contributed by atoms with Gasteiger partial charge in [-0.1, -0.05) is 12.8 Å². The van der Waals surface area contributed by atoms with Crippen molar-refractivity contribution in [2.45, 2.75) is 30.4 Å². The topological polar surface area (TPSA) is 81.1 Å². The Labute approximate surface area is 118 Å². The molecule has 0 atom stereocenters. The Bertz CT molecular complexity index is 470. The number of nitrogens with two attached hydrogens (primary N) is 2. The Morgan fingerprint density at radius 3 is 2.68 bits per heavy atom. The van der Waals surface area contributed by atoms with Crippen LogP contribution in [0, 0.1) is 0 Å². The zero-order chi connectivity index (χ0) is 13.9. The van der Waals surface area contributed by atoms with E-state index in [1.54, 1.807) is 18.2 Å². The van der Waals surface area contributed by atoms with Crippen molar-refractivity contribution in [2.24, 2.45) is 5.73 Å². The Hall–Kier alpha value is -1.36. The Kier molecular flexibility index (Phi) is 4.24. The predicted molar refractivity (Wildman–Crippen MR) is 82.6 cm³/mol. The number of rotatable bonds is 5. The summed E-state index contributed by atoms with van der Waals surface area (Å²) in [5, 5.41) is 3.37. The standard InChI is InChI=1S/C14H21N3OS/c1-19-14(6-2-3-7-14)9-17-12-8-10(15)4-5-11(12)13(16)18/h4-5,8,17H,2-3,6-7,9,15H2,1H3,(H2,16,18). The normalized spacial score (nSPS) is 17.3. The van der Waals surface area contributed by atoms with E-state index in [0.717, 1.165) is 12.2 Å². The number of primary amides is 1. The van der Waals surface area contributed by atoms with Crippen molar-refractivity contribution in [1.29, 1.82) is 0 Å². The zero-order valence-corrected chi connectivity index (χ0v) is 12.1. The van der Waals surface area contributed by atoms with Gasteiger partial charge in [-0.15, -0.1) is 0 Å². The van der Waals surface area contributed by atoms with Gasteiger partial charge in [0.1, 0.15) is 0 Å². The lowest BCUT2D eigenvalue weighted by molar-refractivity contribution is 0.100. The monoisotopic (exact) mass is 279 g/mol. The second-order valence-electron chi connectivity index (χ2n) is 5.12. The van der Waals surface area contributed by atoms with Crippen LogP contribution in [0.1, 0.15) is 36.0 Å². The van der Waals surface area contributed by atoms with Gasteiger partial charge in [0.25, 0.3) is 5.91 Å². The van der Waals surface area contributed by atoms with Crippen molar-refractivity contribution in [3.05, 3.63) is 23.8 Å². The van der Waals surface area contributed by atoms with E-state index in [0.29, 0.717) is 11.3 Å². The maximum Gasteiger partial charge on any atom is 0.250 e. The van der Waals surface area contributed by atoms with E-state index in [-0.39, 0.29) is 4.75 Å². The van der Waals surface area contributed by atoms with Gasteiger partial charge in [-0.25, -0.2) is 0 Å². The molecule has 5 N–H and O–H groups in total. The Balaban J connectivity index is 2.14. The van der Waals surface area contributed by atoms with Crippen LogP contribution in [0.15, 0.2) is 18.2 Å². The van der Waals surface area contributed by atoms with E-state index in [1.165, 1.54) is 25.7 Å². The van der Waals surface area contributed by atoms with Gasteiger partial charge in [0.2, 0.25) is 0 Å². The molecular formula is C14H21N3OS. The van der Waals surface area contributed by atoms with Crippen LogP contribution in [0.2, 0.25) is 0 Å². The highest BCUT2D eigenvalue weighted by molar-refractivity contribution is 8.00. The van der Waals surface area contributed by atoms with Gasteiger partial charge in [-0.2, -0.15) is 11.8 Å². The van der Waals surface area contributed by atoms with Crippen LogP contribution in [-0.2, 0) is 0 Å². The molecule has 1 saturated carbocycles. The molecule has 2 rings (SSSR count). The molecule has 1 fully saturated rings. The van der Waals surface area contributed by atoms with Crippen LogP contribution >= 0.6 is 11.8 Å². The molecule has 0 radical (unpaired) electrons. The van der Waals surface area contributed by atoms with Crippen LogP contribution in [0.3, 0.4) is 0 Å². The van der Waals surface area contributed by atoms with Crippen molar-refractivity contribution in [1.82, 2.24) is 0 Å². The first-order chi connectivity index (χ1) is 9.06. The average Bonchev–Trinajstić information content (AvgIpc) is 2.85. The zero-order valence-electron chi connectivity index (χ0n) is 11.2. The first kappa shape index (κ1) is 14.1. The van der Waals surface area contributed by atoms with Crippen molar-refractivity contribution in [3.8, 4) is 0 Å². The first-order valence-electron chi connectivity index (χ1n) is 6.55. The van der Waals surface area contributed by atoms with Gasteiger partial charge in [0.05, 0.1) is 5.56 Å². The summed E-state index contributed by atoms with van der Waals surface area (Å²) in [6.07, 6.45) is 7.15. The molecule has 104 valence electrons. The van der Waals surface area contributed by atoms with Crippen LogP contribution in [0.25, 0.3) is 0 Å². The SMILES string of the molecule is CSC1(CNc2cc(N)ccc2C(N)=O)CCCC1. The predicted octanol–water partition coefficient (Wildman–Crippen LogP) is 2.46. The summed E-state index contributed by atoms with van der Waals surface area (Å²) in [5.74, 6) is -0.424. The molecule has 5 heteroatoms. The molecule has 1 aliphatic rings. The number of carbonyl (C=O) groups is 1. The summed E-state index contributed by atoms with van der Waals surface area (Å²) in [6.45, 7) is 0.845. The van der Waals surface area contributed by atoms with Crippen molar-refractivity contribution >= 4 is 29.0 Å². The smallest absolute Gasteiger partial charge is 0.250 e. The second-order valence-corrected chi connectivity index (χ2v) is 6.39. The minimum Gasteiger partial charge on any atom is -0.399 e. The number of amides is 1. The molecule has 0 bridgehead atoms. The maximum atomic E-state index is 11.4. The number of hydrogen-bond acceptors (Lipinski definition) is 4. The van der Waals surface area contributed by atoms with Gasteiger partial charge in [0.15, 0.2) is 0 Å². The molecule has 0 heterocycles. The summed E-state index contributed by atoms with van der Waals surface area (Å²) < 4.78 is 0.277. The molecule has 1 amide bonds. The molecule has 1 aromatic carbocycles. The summed E-state index contributed by atoms with van der Waals surface area (Å²) >= 11 is 1.91. The minimum atomic E-state index is -0.424. The van der Waals surface area contributed by atoms with Gasteiger partial charge in [-0.05, 0) is 37.3 Å². The summed E-state index contributed by atoms with van der Waals surface area (Å²) in [5.41, 5.74) is 13.1. The van der Waals surface area contributed by atoms with Gasteiger partial charge >= 0.3 is 0 Å².